The second kappa shape index (κ2) is 6.31. The van der Waals surface area contributed by atoms with E-state index in [1.165, 1.54) is 0 Å². The summed E-state index contributed by atoms with van der Waals surface area (Å²) in [6.07, 6.45) is 1.01. The zero-order chi connectivity index (χ0) is 17.3. The van der Waals surface area contributed by atoms with Gasteiger partial charge in [-0.05, 0) is 39.0 Å². The van der Waals surface area contributed by atoms with Crippen molar-refractivity contribution in [3.63, 3.8) is 0 Å². The molecule has 1 aromatic carbocycles. The number of fused-ring (bicyclic) bond motifs is 1. The van der Waals surface area contributed by atoms with Gasteiger partial charge in [-0.2, -0.15) is 5.10 Å². The number of hydrogen-bond acceptors (Lipinski definition) is 4. The van der Waals surface area contributed by atoms with Gasteiger partial charge in [-0.3, -0.25) is 9.48 Å². The smallest absolute Gasteiger partial charge is 0.265 e. The molecule has 0 aliphatic heterocycles. The van der Waals surface area contributed by atoms with Crippen LogP contribution >= 0.6 is 0 Å². The SMILES string of the molecule is Cc1ccc(O[C@@H](C)C(=O)Nc2cnc3c(c2)c(C)nn3C)cc1. The van der Waals surface area contributed by atoms with Crippen LogP contribution in [0.5, 0.6) is 5.75 Å². The molecule has 0 aliphatic rings. The number of carbonyl (C=O) groups excluding carboxylic acids is 1. The molecule has 0 unspecified atom stereocenters. The molecular weight excluding hydrogens is 304 g/mol. The molecule has 6 heteroatoms. The predicted octanol–water partition coefficient (Wildman–Crippen LogP) is 2.99. The Bertz CT molecular complexity index is 884. The van der Waals surface area contributed by atoms with Crippen molar-refractivity contribution < 1.29 is 9.53 Å². The molecule has 0 radical (unpaired) electrons. The van der Waals surface area contributed by atoms with Gasteiger partial charge in [0.25, 0.3) is 5.91 Å². The van der Waals surface area contributed by atoms with E-state index in [1.54, 1.807) is 17.8 Å². The van der Waals surface area contributed by atoms with Crippen LogP contribution in [0.25, 0.3) is 11.0 Å². The standard InChI is InChI=1S/C18H20N4O2/c1-11-5-7-15(8-6-11)24-13(3)18(23)20-14-9-16-12(2)21-22(4)17(16)19-10-14/h5-10,13H,1-4H3,(H,20,23)/t13-/m0/s1. The third-order valence-corrected chi connectivity index (χ3v) is 3.83. The van der Waals surface area contributed by atoms with Gasteiger partial charge < -0.3 is 10.1 Å². The Hall–Kier alpha value is -2.89. The number of carbonyl (C=O) groups is 1. The minimum absolute atomic E-state index is 0.224. The van der Waals surface area contributed by atoms with E-state index >= 15 is 0 Å². The molecule has 6 nitrogen and oxygen atoms in total. The summed E-state index contributed by atoms with van der Waals surface area (Å²) >= 11 is 0. The maximum Gasteiger partial charge on any atom is 0.265 e. The van der Waals surface area contributed by atoms with Gasteiger partial charge in [-0.1, -0.05) is 17.7 Å². The first kappa shape index (κ1) is 16.0. The maximum atomic E-state index is 12.3. The Morgan fingerprint density at radius 2 is 1.96 bits per heavy atom. The number of nitrogens with zero attached hydrogens (tertiary/aromatic N) is 3. The average Bonchev–Trinajstić information content (AvgIpc) is 2.84. The van der Waals surface area contributed by atoms with Crippen molar-refractivity contribution in [2.24, 2.45) is 7.05 Å². The molecule has 1 atom stereocenters. The molecule has 0 bridgehead atoms. The Morgan fingerprint density at radius 3 is 2.67 bits per heavy atom. The Kier molecular flexibility index (Phi) is 4.20. The van der Waals surface area contributed by atoms with Crippen molar-refractivity contribution in [2.45, 2.75) is 26.9 Å². The molecule has 124 valence electrons. The van der Waals surface area contributed by atoms with Crippen molar-refractivity contribution >= 4 is 22.6 Å². The molecule has 1 N–H and O–H groups in total. The summed E-state index contributed by atoms with van der Waals surface area (Å²) in [4.78, 5) is 16.7. The summed E-state index contributed by atoms with van der Waals surface area (Å²) in [5.41, 5.74) is 3.43. The molecule has 0 saturated carbocycles. The first-order valence-corrected chi connectivity index (χ1v) is 7.77. The summed E-state index contributed by atoms with van der Waals surface area (Å²) in [5, 5.41) is 8.08. The lowest BCUT2D eigenvalue weighted by molar-refractivity contribution is -0.122. The number of hydrogen-bond donors (Lipinski definition) is 1. The summed E-state index contributed by atoms with van der Waals surface area (Å²) in [6.45, 7) is 5.64. The van der Waals surface area contributed by atoms with E-state index < -0.39 is 6.10 Å². The Labute approximate surface area is 140 Å². The van der Waals surface area contributed by atoms with Gasteiger partial charge in [0.2, 0.25) is 0 Å². The summed E-state index contributed by atoms with van der Waals surface area (Å²) in [6, 6.07) is 9.48. The number of anilines is 1. The molecule has 3 aromatic rings. The minimum Gasteiger partial charge on any atom is -0.481 e. The molecule has 24 heavy (non-hydrogen) atoms. The highest BCUT2D eigenvalue weighted by atomic mass is 16.5. The van der Waals surface area contributed by atoms with E-state index in [9.17, 15) is 4.79 Å². The van der Waals surface area contributed by atoms with Gasteiger partial charge in [-0.15, -0.1) is 0 Å². The fourth-order valence-corrected chi connectivity index (χ4v) is 2.49. The Balaban J connectivity index is 1.71. The molecule has 3 rings (SSSR count). The zero-order valence-corrected chi connectivity index (χ0v) is 14.2. The lowest BCUT2D eigenvalue weighted by atomic mass is 10.2. The highest BCUT2D eigenvalue weighted by Crippen LogP contribution is 2.20. The van der Waals surface area contributed by atoms with Crippen LogP contribution in [0.15, 0.2) is 36.5 Å². The van der Waals surface area contributed by atoms with Crippen molar-refractivity contribution in [1.29, 1.82) is 0 Å². The van der Waals surface area contributed by atoms with Crippen LogP contribution < -0.4 is 10.1 Å². The third-order valence-electron chi connectivity index (χ3n) is 3.83. The van der Waals surface area contributed by atoms with Crippen LogP contribution in [-0.2, 0) is 11.8 Å². The lowest BCUT2D eigenvalue weighted by Gasteiger charge is -2.14. The normalized spacial score (nSPS) is 12.2. The molecule has 0 fully saturated rings. The summed E-state index contributed by atoms with van der Waals surface area (Å²) in [5.74, 6) is 0.443. The van der Waals surface area contributed by atoms with E-state index in [4.69, 9.17) is 4.74 Å². The van der Waals surface area contributed by atoms with Gasteiger partial charge in [0, 0.05) is 12.4 Å². The summed E-state index contributed by atoms with van der Waals surface area (Å²) in [7, 11) is 1.85. The predicted molar refractivity (Wildman–Crippen MR) is 93.1 cm³/mol. The number of amides is 1. The van der Waals surface area contributed by atoms with E-state index in [0.717, 1.165) is 22.3 Å². The first-order valence-electron chi connectivity index (χ1n) is 7.77. The van der Waals surface area contributed by atoms with Crippen LogP contribution in [-0.4, -0.2) is 26.8 Å². The van der Waals surface area contributed by atoms with Gasteiger partial charge in [0.1, 0.15) is 5.75 Å². The van der Waals surface area contributed by atoms with Crippen LogP contribution in [0.1, 0.15) is 18.2 Å². The van der Waals surface area contributed by atoms with Crippen LogP contribution in [0.2, 0.25) is 0 Å². The minimum atomic E-state index is -0.613. The quantitative estimate of drug-likeness (QED) is 0.801. The number of pyridine rings is 1. The molecule has 2 aromatic heterocycles. The topological polar surface area (TPSA) is 69.0 Å². The zero-order valence-electron chi connectivity index (χ0n) is 14.2. The highest BCUT2D eigenvalue weighted by molar-refractivity contribution is 5.95. The molecule has 1 amide bonds. The fourth-order valence-electron chi connectivity index (χ4n) is 2.49. The van der Waals surface area contributed by atoms with Gasteiger partial charge in [0.05, 0.1) is 17.6 Å². The van der Waals surface area contributed by atoms with E-state index in [0.29, 0.717) is 11.4 Å². The molecule has 0 spiro atoms. The largest absolute Gasteiger partial charge is 0.481 e. The lowest BCUT2D eigenvalue weighted by Crippen LogP contribution is -2.30. The summed E-state index contributed by atoms with van der Waals surface area (Å²) < 4.78 is 7.39. The molecule has 2 heterocycles. The average molecular weight is 324 g/mol. The second-order valence-electron chi connectivity index (χ2n) is 5.87. The van der Waals surface area contributed by atoms with Crippen LogP contribution in [0, 0.1) is 13.8 Å². The highest BCUT2D eigenvalue weighted by Gasteiger charge is 2.16. The van der Waals surface area contributed by atoms with Crippen molar-refractivity contribution in [3.8, 4) is 5.75 Å². The van der Waals surface area contributed by atoms with Crippen molar-refractivity contribution in [2.75, 3.05) is 5.32 Å². The maximum absolute atomic E-state index is 12.3. The van der Waals surface area contributed by atoms with Crippen molar-refractivity contribution in [3.05, 3.63) is 47.8 Å². The van der Waals surface area contributed by atoms with E-state index in [2.05, 4.69) is 15.4 Å². The second-order valence-corrected chi connectivity index (χ2v) is 5.87. The number of nitrogens with one attached hydrogen (secondary N) is 1. The van der Waals surface area contributed by atoms with Crippen molar-refractivity contribution in [1.82, 2.24) is 14.8 Å². The number of rotatable bonds is 4. The monoisotopic (exact) mass is 324 g/mol. The third kappa shape index (κ3) is 3.22. The van der Waals surface area contributed by atoms with E-state index in [-0.39, 0.29) is 5.91 Å². The number of benzene rings is 1. The molecular formula is C18H20N4O2. The van der Waals surface area contributed by atoms with E-state index in [1.807, 2.05) is 51.2 Å². The number of ether oxygens (including phenoxy) is 1. The number of aromatic nitrogens is 3. The molecule has 0 aliphatic carbocycles. The van der Waals surface area contributed by atoms with Crippen LogP contribution in [0.4, 0.5) is 5.69 Å². The number of aryl methyl sites for hydroxylation is 3. The van der Waals surface area contributed by atoms with Gasteiger partial charge in [0.15, 0.2) is 11.8 Å². The first-order chi connectivity index (χ1) is 11.4. The van der Waals surface area contributed by atoms with Crippen LogP contribution in [0.3, 0.4) is 0 Å². The van der Waals surface area contributed by atoms with Gasteiger partial charge >= 0.3 is 0 Å². The fraction of sp³-hybridized carbons (Fsp3) is 0.278. The van der Waals surface area contributed by atoms with Gasteiger partial charge in [-0.25, -0.2) is 4.98 Å². The Morgan fingerprint density at radius 1 is 1.25 bits per heavy atom. The molecule has 0 saturated heterocycles.